The number of carbonyl (C=O) groups is 2. The normalized spacial score (nSPS) is 21.2. The molecular formula is C28H44ClFN4O3. The SMILES string of the molecule is CNCC(CC1CCCCC1)NC(=O)N1CCCC(C(O)(CCCNC(C)=O)c2cccc(Cl)c2F)C1. The van der Waals surface area contributed by atoms with Crippen molar-refractivity contribution in [2.75, 3.05) is 33.2 Å². The Kier molecular flexibility index (Phi) is 11.5. The van der Waals surface area contributed by atoms with Crippen molar-refractivity contribution >= 4 is 23.5 Å². The second kappa shape index (κ2) is 14.3. The average Bonchev–Trinajstić information content (AvgIpc) is 2.89. The van der Waals surface area contributed by atoms with Crippen molar-refractivity contribution in [2.24, 2.45) is 11.8 Å². The van der Waals surface area contributed by atoms with Crippen molar-refractivity contribution < 1.29 is 19.1 Å². The van der Waals surface area contributed by atoms with Crippen LogP contribution in [0.15, 0.2) is 18.2 Å². The van der Waals surface area contributed by atoms with E-state index in [4.69, 9.17) is 11.6 Å². The number of likely N-dealkylation sites (tertiary alicyclic amines) is 1. The summed E-state index contributed by atoms with van der Waals surface area (Å²) in [7, 11) is 1.90. The van der Waals surface area contributed by atoms with Crippen LogP contribution < -0.4 is 16.0 Å². The van der Waals surface area contributed by atoms with E-state index in [2.05, 4.69) is 16.0 Å². The zero-order chi connectivity index (χ0) is 26.8. The van der Waals surface area contributed by atoms with E-state index < -0.39 is 11.4 Å². The highest BCUT2D eigenvalue weighted by molar-refractivity contribution is 6.30. The Morgan fingerprint density at radius 3 is 2.68 bits per heavy atom. The van der Waals surface area contributed by atoms with Gasteiger partial charge in [-0.3, -0.25) is 4.79 Å². The standard InChI is InChI=1S/C28H44ClFN4O3/c1-20(35)32-15-8-14-28(37,24-12-6-13-25(29)26(24)30)22-11-7-16-34(19-22)27(36)33-23(18-31-2)17-21-9-4-3-5-10-21/h6,12-13,21-23,31,37H,3-5,7-11,14-19H2,1-2H3,(H,32,35)(H,33,36). The van der Waals surface area contributed by atoms with Gasteiger partial charge in [0.25, 0.3) is 0 Å². The van der Waals surface area contributed by atoms with E-state index in [1.807, 2.05) is 7.05 Å². The van der Waals surface area contributed by atoms with E-state index in [1.54, 1.807) is 17.0 Å². The number of hydrogen-bond acceptors (Lipinski definition) is 4. The number of hydrogen-bond donors (Lipinski definition) is 4. The van der Waals surface area contributed by atoms with Crippen LogP contribution in [-0.2, 0) is 10.4 Å². The molecule has 3 amide bonds. The summed E-state index contributed by atoms with van der Waals surface area (Å²) in [5.74, 6) is -0.504. The predicted molar refractivity (Wildman–Crippen MR) is 145 cm³/mol. The molecule has 7 nitrogen and oxygen atoms in total. The monoisotopic (exact) mass is 538 g/mol. The summed E-state index contributed by atoms with van der Waals surface area (Å²) >= 11 is 6.08. The number of benzene rings is 1. The molecule has 1 saturated carbocycles. The molecule has 3 unspecified atom stereocenters. The molecule has 2 aliphatic rings. The number of nitrogens with zero attached hydrogens (tertiary/aromatic N) is 1. The van der Waals surface area contributed by atoms with Gasteiger partial charge in [0, 0.05) is 50.6 Å². The fourth-order valence-corrected chi connectivity index (χ4v) is 6.28. The molecule has 0 bridgehead atoms. The van der Waals surface area contributed by atoms with Crippen LogP contribution in [0.3, 0.4) is 0 Å². The van der Waals surface area contributed by atoms with Crippen molar-refractivity contribution in [1.29, 1.82) is 0 Å². The maximum Gasteiger partial charge on any atom is 0.317 e. The minimum absolute atomic E-state index is 0.0409. The third-order valence-corrected chi connectivity index (χ3v) is 8.32. The van der Waals surface area contributed by atoms with Gasteiger partial charge in [-0.05, 0) is 51.1 Å². The number of rotatable bonds is 11. The Balaban J connectivity index is 1.72. The number of amides is 3. The zero-order valence-electron chi connectivity index (χ0n) is 22.3. The maximum atomic E-state index is 15.2. The summed E-state index contributed by atoms with van der Waals surface area (Å²) in [5.41, 5.74) is -1.36. The molecule has 1 aliphatic heterocycles. The highest BCUT2D eigenvalue weighted by Gasteiger charge is 2.43. The van der Waals surface area contributed by atoms with Crippen molar-refractivity contribution in [3.8, 4) is 0 Å². The lowest BCUT2D eigenvalue weighted by atomic mass is 9.74. The smallest absolute Gasteiger partial charge is 0.317 e. The minimum atomic E-state index is -1.52. The molecule has 1 aliphatic carbocycles. The summed E-state index contributed by atoms with van der Waals surface area (Å²) in [6.45, 7) is 3.45. The Hall–Kier alpha value is -1.90. The van der Waals surface area contributed by atoms with Gasteiger partial charge < -0.3 is 26.0 Å². The van der Waals surface area contributed by atoms with Crippen LogP contribution in [0, 0.1) is 17.7 Å². The van der Waals surface area contributed by atoms with E-state index in [9.17, 15) is 14.7 Å². The van der Waals surface area contributed by atoms with E-state index in [0.29, 0.717) is 51.4 Å². The third-order valence-electron chi connectivity index (χ3n) is 8.03. The average molecular weight is 539 g/mol. The lowest BCUT2D eigenvalue weighted by Crippen LogP contribution is -2.54. The summed E-state index contributed by atoms with van der Waals surface area (Å²) < 4.78 is 15.2. The lowest BCUT2D eigenvalue weighted by Gasteiger charge is -2.43. The minimum Gasteiger partial charge on any atom is -0.385 e. The van der Waals surface area contributed by atoms with Crippen molar-refractivity contribution in [3.63, 3.8) is 0 Å². The predicted octanol–water partition coefficient (Wildman–Crippen LogP) is 4.56. The molecule has 0 aromatic heterocycles. The van der Waals surface area contributed by atoms with Gasteiger partial charge in [0.2, 0.25) is 5.91 Å². The Labute approximate surface area is 225 Å². The van der Waals surface area contributed by atoms with Gasteiger partial charge in [-0.1, -0.05) is 55.8 Å². The molecule has 1 saturated heterocycles. The highest BCUT2D eigenvalue weighted by Crippen LogP contribution is 2.41. The van der Waals surface area contributed by atoms with E-state index in [1.165, 1.54) is 45.1 Å². The van der Waals surface area contributed by atoms with Gasteiger partial charge in [0.1, 0.15) is 5.82 Å². The van der Waals surface area contributed by atoms with Gasteiger partial charge >= 0.3 is 6.03 Å². The van der Waals surface area contributed by atoms with Crippen LogP contribution in [0.1, 0.15) is 76.7 Å². The first-order valence-electron chi connectivity index (χ1n) is 13.9. The first-order chi connectivity index (χ1) is 17.7. The van der Waals surface area contributed by atoms with Gasteiger partial charge in [-0.15, -0.1) is 0 Å². The summed E-state index contributed by atoms with van der Waals surface area (Å²) in [5, 5.41) is 21.1. The Morgan fingerprint density at radius 1 is 1.22 bits per heavy atom. The van der Waals surface area contributed by atoms with Gasteiger partial charge in [0.15, 0.2) is 0 Å². The quantitative estimate of drug-likeness (QED) is 0.311. The van der Waals surface area contributed by atoms with Crippen molar-refractivity contribution in [1.82, 2.24) is 20.9 Å². The van der Waals surface area contributed by atoms with Crippen LogP contribution in [0.5, 0.6) is 0 Å². The van der Waals surface area contributed by atoms with Crippen LogP contribution in [-0.4, -0.2) is 61.2 Å². The van der Waals surface area contributed by atoms with E-state index in [0.717, 1.165) is 6.42 Å². The van der Waals surface area contributed by atoms with Crippen LogP contribution in [0.4, 0.5) is 9.18 Å². The molecule has 2 fully saturated rings. The van der Waals surface area contributed by atoms with Gasteiger partial charge in [0.05, 0.1) is 10.6 Å². The largest absolute Gasteiger partial charge is 0.385 e. The molecule has 37 heavy (non-hydrogen) atoms. The van der Waals surface area contributed by atoms with Crippen LogP contribution >= 0.6 is 11.6 Å². The molecular weight excluding hydrogens is 495 g/mol. The molecule has 3 atom stereocenters. The molecule has 0 radical (unpaired) electrons. The Morgan fingerprint density at radius 2 is 1.97 bits per heavy atom. The number of carbonyl (C=O) groups excluding carboxylic acids is 2. The molecule has 208 valence electrons. The molecule has 0 spiro atoms. The highest BCUT2D eigenvalue weighted by atomic mass is 35.5. The van der Waals surface area contributed by atoms with E-state index >= 15 is 4.39 Å². The number of piperidine rings is 1. The number of likely N-dealkylation sites (N-methyl/N-ethyl adjacent to an activating group) is 1. The summed E-state index contributed by atoms with van der Waals surface area (Å²) in [6.07, 6.45) is 9.32. The van der Waals surface area contributed by atoms with Crippen molar-refractivity contribution in [2.45, 2.75) is 82.8 Å². The maximum absolute atomic E-state index is 15.2. The number of urea groups is 1. The summed E-state index contributed by atoms with van der Waals surface area (Å²) in [6, 6.07) is 4.59. The van der Waals surface area contributed by atoms with Gasteiger partial charge in [-0.25, -0.2) is 9.18 Å². The first kappa shape index (κ1) is 29.7. The topological polar surface area (TPSA) is 93.7 Å². The lowest BCUT2D eigenvalue weighted by molar-refractivity contribution is -0.119. The number of aliphatic hydroxyl groups is 1. The molecule has 1 aromatic rings. The fraction of sp³-hybridized carbons (Fsp3) is 0.714. The molecule has 4 N–H and O–H groups in total. The zero-order valence-corrected chi connectivity index (χ0v) is 23.1. The second-order valence-electron chi connectivity index (χ2n) is 10.8. The Bertz CT molecular complexity index is 898. The number of halogens is 2. The van der Waals surface area contributed by atoms with Crippen LogP contribution in [0.25, 0.3) is 0 Å². The van der Waals surface area contributed by atoms with Gasteiger partial charge in [-0.2, -0.15) is 0 Å². The number of nitrogens with one attached hydrogen (secondary N) is 3. The molecule has 3 rings (SSSR count). The second-order valence-corrected chi connectivity index (χ2v) is 11.2. The molecule has 9 heteroatoms. The summed E-state index contributed by atoms with van der Waals surface area (Å²) in [4.78, 5) is 26.4. The third kappa shape index (κ3) is 8.29. The van der Waals surface area contributed by atoms with Crippen LogP contribution in [0.2, 0.25) is 5.02 Å². The van der Waals surface area contributed by atoms with E-state index in [-0.39, 0.29) is 40.9 Å². The first-order valence-corrected chi connectivity index (χ1v) is 14.2. The van der Waals surface area contributed by atoms with Crippen molar-refractivity contribution in [3.05, 3.63) is 34.6 Å². The molecule has 1 heterocycles. The fourth-order valence-electron chi connectivity index (χ4n) is 6.10. The molecule has 1 aromatic carbocycles.